The summed E-state index contributed by atoms with van der Waals surface area (Å²) in [4.78, 5) is 18.2. The first-order valence-electron chi connectivity index (χ1n) is 6.85. The molecule has 0 aromatic heterocycles. The summed E-state index contributed by atoms with van der Waals surface area (Å²) in [6.07, 6.45) is 3.25. The second kappa shape index (κ2) is 8.39. The van der Waals surface area contributed by atoms with Gasteiger partial charge in [0.05, 0.1) is 0 Å². The Balaban J connectivity index is 0.000000315. The van der Waals surface area contributed by atoms with E-state index in [1.54, 1.807) is 0 Å². The highest BCUT2D eigenvalue weighted by atomic mass is 16.4. The van der Waals surface area contributed by atoms with Gasteiger partial charge in [0.15, 0.2) is 0 Å². The van der Waals surface area contributed by atoms with Crippen molar-refractivity contribution in [3.05, 3.63) is 35.9 Å². The smallest absolute Gasteiger partial charge is 0.414 e. The van der Waals surface area contributed by atoms with Crippen molar-refractivity contribution < 1.29 is 24.9 Å². The van der Waals surface area contributed by atoms with Gasteiger partial charge in [-0.2, -0.15) is 0 Å². The Morgan fingerprint density at radius 3 is 2.19 bits per heavy atom. The molecule has 0 spiro atoms. The predicted octanol–water partition coefficient (Wildman–Crippen LogP) is 0.846. The van der Waals surface area contributed by atoms with E-state index < -0.39 is 11.9 Å². The molecule has 1 atom stereocenters. The van der Waals surface area contributed by atoms with Gasteiger partial charge in [0.25, 0.3) is 0 Å². The van der Waals surface area contributed by atoms with Crippen molar-refractivity contribution in [2.75, 3.05) is 19.7 Å². The quantitative estimate of drug-likeness (QED) is 0.616. The zero-order valence-corrected chi connectivity index (χ0v) is 11.8. The summed E-state index contributed by atoms with van der Waals surface area (Å²) in [5, 5.41) is 27.4. The molecule has 0 bridgehead atoms. The highest BCUT2D eigenvalue weighted by molar-refractivity contribution is 6.27. The molecule has 1 unspecified atom stereocenters. The van der Waals surface area contributed by atoms with Gasteiger partial charge in [-0.25, -0.2) is 9.59 Å². The van der Waals surface area contributed by atoms with Gasteiger partial charge < -0.3 is 20.6 Å². The fourth-order valence-electron chi connectivity index (χ4n) is 2.58. The molecule has 21 heavy (non-hydrogen) atoms. The third-order valence-corrected chi connectivity index (χ3v) is 3.63. The molecule has 1 aliphatic heterocycles. The van der Waals surface area contributed by atoms with E-state index in [0.717, 1.165) is 19.5 Å². The molecule has 1 heterocycles. The van der Waals surface area contributed by atoms with Crippen LogP contribution in [0.15, 0.2) is 30.3 Å². The maximum absolute atomic E-state index is 9.22. The molecule has 1 saturated heterocycles. The lowest BCUT2D eigenvalue weighted by molar-refractivity contribution is -0.159. The maximum Gasteiger partial charge on any atom is 0.414 e. The third-order valence-electron chi connectivity index (χ3n) is 3.63. The van der Waals surface area contributed by atoms with Gasteiger partial charge in [-0.05, 0) is 31.4 Å². The van der Waals surface area contributed by atoms with Crippen molar-refractivity contribution in [3.63, 3.8) is 0 Å². The van der Waals surface area contributed by atoms with Crippen LogP contribution < -0.4 is 5.32 Å². The average Bonchev–Trinajstić information content (AvgIpc) is 2.50. The molecule has 1 aliphatic rings. The Hall–Kier alpha value is -1.92. The van der Waals surface area contributed by atoms with Crippen LogP contribution in [-0.4, -0.2) is 47.0 Å². The molecule has 0 aliphatic carbocycles. The van der Waals surface area contributed by atoms with Crippen LogP contribution >= 0.6 is 0 Å². The SMILES string of the molecule is O=C(O)C(=O)O.OCCC1(c2ccccc2)CCCNC1. The van der Waals surface area contributed by atoms with Crippen LogP contribution in [0.5, 0.6) is 0 Å². The average molecular weight is 295 g/mol. The van der Waals surface area contributed by atoms with Gasteiger partial charge in [0.1, 0.15) is 0 Å². The first-order valence-corrected chi connectivity index (χ1v) is 6.85. The third kappa shape index (κ3) is 5.17. The molecule has 4 N–H and O–H groups in total. The lowest BCUT2D eigenvalue weighted by atomic mass is 9.72. The van der Waals surface area contributed by atoms with Crippen LogP contribution in [0.25, 0.3) is 0 Å². The van der Waals surface area contributed by atoms with E-state index >= 15 is 0 Å². The standard InChI is InChI=1S/C13H19NO.C2H2O4/c15-10-8-13(7-4-9-14-11-13)12-5-2-1-3-6-12;3-1(4)2(5)6/h1-3,5-6,14-15H,4,7-11H2;(H,3,4)(H,5,6). The van der Waals surface area contributed by atoms with E-state index in [1.165, 1.54) is 18.4 Å². The highest BCUT2D eigenvalue weighted by Crippen LogP contribution is 2.34. The molecule has 0 saturated carbocycles. The molecule has 116 valence electrons. The number of aliphatic hydroxyl groups excluding tert-OH is 1. The van der Waals surface area contributed by atoms with Crippen molar-refractivity contribution in [1.82, 2.24) is 5.32 Å². The molecule has 0 amide bonds. The Bertz CT molecular complexity index is 437. The van der Waals surface area contributed by atoms with Gasteiger partial charge in [-0.3, -0.25) is 0 Å². The molecule has 1 aromatic carbocycles. The number of carboxylic acid groups (broad SMARTS) is 2. The molecular weight excluding hydrogens is 274 g/mol. The number of hydrogen-bond acceptors (Lipinski definition) is 4. The predicted molar refractivity (Wildman–Crippen MR) is 77.2 cm³/mol. The Morgan fingerprint density at radius 2 is 1.76 bits per heavy atom. The first-order chi connectivity index (χ1) is 10.0. The van der Waals surface area contributed by atoms with E-state index in [4.69, 9.17) is 19.8 Å². The fourth-order valence-corrected chi connectivity index (χ4v) is 2.58. The minimum Gasteiger partial charge on any atom is -0.473 e. The number of aliphatic carboxylic acids is 2. The maximum atomic E-state index is 9.22. The molecule has 2 rings (SSSR count). The van der Waals surface area contributed by atoms with Crippen molar-refractivity contribution in [3.8, 4) is 0 Å². The second-order valence-electron chi connectivity index (χ2n) is 5.01. The lowest BCUT2D eigenvalue weighted by Crippen LogP contribution is -2.44. The summed E-state index contributed by atoms with van der Waals surface area (Å²) in [6, 6.07) is 10.6. The van der Waals surface area contributed by atoms with Crippen LogP contribution in [-0.2, 0) is 15.0 Å². The number of nitrogens with one attached hydrogen (secondary N) is 1. The van der Waals surface area contributed by atoms with E-state index in [0.29, 0.717) is 0 Å². The van der Waals surface area contributed by atoms with E-state index in [2.05, 4.69) is 29.6 Å². The summed E-state index contributed by atoms with van der Waals surface area (Å²) in [6.45, 7) is 2.38. The molecule has 6 nitrogen and oxygen atoms in total. The zero-order chi connectivity index (χ0) is 15.7. The van der Waals surface area contributed by atoms with Crippen molar-refractivity contribution in [1.29, 1.82) is 0 Å². The summed E-state index contributed by atoms with van der Waals surface area (Å²) < 4.78 is 0. The Morgan fingerprint density at radius 1 is 1.14 bits per heavy atom. The summed E-state index contributed by atoms with van der Waals surface area (Å²) in [5.41, 5.74) is 1.53. The van der Waals surface area contributed by atoms with Crippen LogP contribution in [0.2, 0.25) is 0 Å². The van der Waals surface area contributed by atoms with Crippen molar-refractivity contribution in [2.45, 2.75) is 24.7 Å². The number of carbonyl (C=O) groups is 2. The zero-order valence-electron chi connectivity index (χ0n) is 11.8. The molecule has 1 aromatic rings. The molecule has 0 radical (unpaired) electrons. The Kier molecular flexibility index (Phi) is 6.84. The second-order valence-corrected chi connectivity index (χ2v) is 5.01. The van der Waals surface area contributed by atoms with Crippen LogP contribution in [0.3, 0.4) is 0 Å². The molecular formula is C15H21NO5. The van der Waals surface area contributed by atoms with E-state index in [1.807, 2.05) is 6.07 Å². The summed E-state index contributed by atoms with van der Waals surface area (Å²) in [7, 11) is 0. The van der Waals surface area contributed by atoms with E-state index in [9.17, 15) is 5.11 Å². The first kappa shape index (κ1) is 17.1. The summed E-state index contributed by atoms with van der Waals surface area (Å²) >= 11 is 0. The van der Waals surface area contributed by atoms with Gasteiger partial charge in [-0.15, -0.1) is 0 Å². The number of hydrogen-bond donors (Lipinski definition) is 4. The van der Waals surface area contributed by atoms with Crippen molar-refractivity contribution >= 4 is 11.9 Å². The van der Waals surface area contributed by atoms with Gasteiger partial charge in [0.2, 0.25) is 0 Å². The largest absolute Gasteiger partial charge is 0.473 e. The topological polar surface area (TPSA) is 107 Å². The van der Waals surface area contributed by atoms with Crippen LogP contribution in [0.1, 0.15) is 24.8 Å². The van der Waals surface area contributed by atoms with Crippen molar-refractivity contribution in [2.24, 2.45) is 0 Å². The fraction of sp³-hybridized carbons (Fsp3) is 0.467. The molecule has 6 heteroatoms. The number of benzene rings is 1. The lowest BCUT2D eigenvalue weighted by Gasteiger charge is -2.38. The number of carboxylic acids is 2. The van der Waals surface area contributed by atoms with Gasteiger partial charge in [-0.1, -0.05) is 30.3 Å². The number of aliphatic hydroxyl groups is 1. The number of piperidine rings is 1. The molecule has 1 fully saturated rings. The number of rotatable bonds is 3. The van der Waals surface area contributed by atoms with Crippen LogP contribution in [0.4, 0.5) is 0 Å². The summed E-state index contributed by atoms with van der Waals surface area (Å²) in [5.74, 6) is -3.65. The highest BCUT2D eigenvalue weighted by Gasteiger charge is 2.32. The minimum atomic E-state index is -1.82. The monoisotopic (exact) mass is 295 g/mol. The minimum absolute atomic E-state index is 0.161. The van der Waals surface area contributed by atoms with Gasteiger partial charge in [0, 0.05) is 18.6 Å². The van der Waals surface area contributed by atoms with E-state index in [-0.39, 0.29) is 12.0 Å². The Labute approximate surface area is 123 Å². The van der Waals surface area contributed by atoms with Gasteiger partial charge >= 0.3 is 11.9 Å². The normalized spacial score (nSPS) is 21.0. The van der Waals surface area contributed by atoms with Crippen LogP contribution in [0, 0.1) is 0 Å².